The molecule has 0 saturated heterocycles. The Morgan fingerprint density at radius 1 is 0.947 bits per heavy atom. The van der Waals surface area contributed by atoms with Gasteiger partial charge in [-0.25, -0.2) is 0 Å². The van der Waals surface area contributed by atoms with Crippen molar-refractivity contribution in [1.29, 1.82) is 0 Å². The number of carbonyl (C=O) groups is 2. The Morgan fingerprint density at radius 3 is 2.11 bits per heavy atom. The van der Waals surface area contributed by atoms with E-state index in [-0.39, 0.29) is 5.78 Å². The van der Waals surface area contributed by atoms with Gasteiger partial charge in [-0.15, -0.1) is 11.6 Å². The number of carboxylic acid groups (broad SMARTS) is 1. The Balaban J connectivity index is 3.61. The molecular weight excluding hydrogens is 268 g/mol. The number of rotatable bonds is 12. The molecule has 19 heavy (non-hydrogen) atoms. The van der Waals surface area contributed by atoms with Crippen LogP contribution in [0.1, 0.15) is 51.4 Å². The quantitative estimate of drug-likeness (QED) is 0.374. The summed E-state index contributed by atoms with van der Waals surface area (Å²) in [6.45, 7) is 0. The fraction of sp³-hybridized carbons (Fsp3) is 0.846. The molecule has 5 nitrogen and oxygen atoms in total. The molecule has 0 radical (unpaired) electrons. The molecule has 0 heterocycles. The average Bonchev–Trinajstić information content (AvgIpc) is 2.37. The molecule has 2 atom stereocenters. The molecule has 0 fully saturated rings. The highest BCUT2D eigenvalue weighted by Crippen LogP contribution is 2.08. The largest absolute Gasteiger partial charge is 0.480 e. The number of nitrogens with two attached hydrogens (primary N) is 2. The lowest BCUT2D eigenvalue weighted by Gasteiger charge is -2.11. The number of hydrogen-bond donors (Lipinski definition) is 3. The normalized spacial score (nSPS) is 14.1. The summed E-state index contributed by atoms with van der Waals surface area (Å²) in [7, 11) is 0. The zero-order valence-electron chi connectivity index (χ0n) is 11.3. The lowest BCUT2D eigenvalue weighted by molar-refractivity contribution is -0.138. The van der Waals surface area contributed by atoms with Gasteiger partial charge >= 0.3 is 5.97 Å². The highest BCUT2D eigenvalue weighted by Gasteiger charge is 2.15. The number of carboxylic acids is 1. The lowest BCUT2D eigenvalue weighted by Crippen LogP contribution is -2.33. The minimum atomic E-state index is -1.01. The van der Waals surface area contributed by atoms with E-state index in [0.717, 1.165) is 25.7 Å². The molecule has 0 saturated carbocycles. The van der Waals surface area contributed by atoms with Crippen LogP contribution in [0.3, 0.4) is 0 Å². The second-order valence-corrected chi connectivity index (χ2v) is 5.18. The molecule has 0 rings (SSSR count). The van der Waals surface area contributed by atoms with Crippen molar-refractivity contribution in [1.82, 2.24) is 0 Å². The van der Waals surface area contributed by atoms with Crippen LogP contribution in [0.2, 0.25) is 0 Å². The van der Waals surface area contributed by atoms with Crippen molar-refractivity contribution in [2.75, 3.05) is 5.88 Å². The highest BCUT2D eigenvalue weighted by atomic mass is 35.5. The van der Waals surface area contributed by atoms with Crippen molar-refractivity contribution in [2.24, 2.45) is 11.5 Å². The van der Waals surface area contributed by atoms with Crippen LogP contribution in [-0.4, -0.2) is 34.8 Å². The summed E-state index contributed by atoms with van der Waals surface area (Å²) in [6.07, 6.45) is 5.77. The molecule has 0 aliphatic heterocycles. The molecule has 0 aromatic carbocycles. The number of halogens is 1. The summed E-state index contributed by atoms with van der Waals surface area (Å²) >= 11 is 5.56. The molecule has 0 aliphatic carbocycles. The second kappa shape index (κ2) is 11.2. The van der Waals surface area contributed by atoms with E-state index in [0.29, 0.717) is 31.6 Å². The molecule has 112 valence electrons. The monoisotopic (exact) mass is 292 g/mol. The van der Waals surface area contributed by atoms with E-state index >= 15 is 0 Å². The summed E-state index contributed by atoms with van der Waals surface area (Å²) in [5, 5.41) is 8.61. The fourth-order valence-corrected chi connectivity index (χ4v) is 1.96. The third-order valence-corrected chi connectivity index (χ3v) is 3.34. The van der Waals surface area contributed by atoms with Gasteiger partial charge in [-0.05, 0) is 32.1 Å². The first-order valence-electron chi connectivity index (χ1n) is 6.81. The Labute approximate surface area is 119 Å². The molecule has 0 aliphatic rings. The number of carbonyl (C=O) groups excluding carboxylic acids is 1. The van der Waals surface area contributed by atoms with E-state index in [1.54, 1.807) is 0 Å². The maximum atomic E-state index is 11.7. The number of aliphatic carboxylic acids is 1. The lowest BCUT2D eigenvalue weighted by atomic mass is 10.00. The average molecular weight is 293 g/mol. The minimum absolute atomic E-state index is 0.0507. The Kier molecular flexibility index (Phi) is 10.8. The van der Waals surface area contributed by atoms with E-state index in [1.165, 1.54) is 0 Å². The minimum Gasteiger partial charge on any atom is -0.480 e. The zero-order chi connectivity index (χ0) is 14.7. The second-order valence-electron chi connectivity index (χ2n) is 4.80. The first-order chi connectivity index (χ1) is 8.99. The molecule has 0 amide bonds. The summed E-state index contributed by atoms with van der Waals surface area (Å²) in [5.74, 6) is -0.300. The van der Waals surface area contributed by atoms with E-state index in [4.69, 9.17) is 28.2 Å². The summed E-state index contributed by atoms with van der Waals surface area (Å²) in [5.41, 5.74) is 11.1. The van der Waals surface area contributed by atoms with Crippen LogP contribution in [0.5, 0.6) is 0 Å². The van der Waals surface area contributed by atoms with Crippen molar-refractivity contribution in [3.8, 4) is 0 Å². The van der Waals surface area contributed by atoms with Crippen LogP contribution < -0.4 is 11.5 Å². The van der Waals surface area contributed by atoms with Gasteiger partial charge in [-0.1, -0.05) is 12.8 Å². The number of alkyl halides is 1. The predicted octanol–water partition coefficient (Wildman–Crippen LogP) is 1.65. The summed E-state index contributed by atoms with van der Waals surface area (Å²) in [6, 6.07) is -1.35. The number of Topliss-reactive ketones (excluding diaryl/α,β-unsaturated/α-hetero) is 1. The van der Waals surface area contributed by atoms with Gasteiger partial charge in [0.2, 0.25) is 0 Å². The number of hydrogen-bond acceptors (Lipinski definition) is 4. The molecule has 2 unspecified atom stereocenters. The predicted molar refractivity (Wildman–Crippen MR) is 76.2 cm³/mol. The van der Waals surface area contributed by atoms with E-state index < -0.39 is 18.1 Å². The van der Waals surface area contributed by atoms with Crippen LogP contribution in [0.15, 0.2) is 0 Å². The Bertz CT molecular complexity index is 275. The molecule has 5 N–H and O–H groups in total. The SMILES string of the molecule is NC(CCCC(N)C(=O)CCCCCCCl)C(=O)O. The van der Waals surface area contributed by atoms with Crippen LogP contribution in [0.4, 0.5) is 0 Å². The standard InChI is InChI=1S/C13H25ClN2O3/c14-9-4-2-1-3-8-12(17)10(15)6-5-7-11(16)13(18)19/h10-11H,1-9,15-16H2,(H,18,19). The molecule has 0 aromatic rings. The third-order valence-electron chi connectivity index (χ3n) is 3.07. The van der Waals surface area contributed by atoms with E-state index in [9.17, 15) is 9.59 Å². The van der Waals surface area contributed by atoms with Crippen LogP contribution in [0, 0.1) is 0 Å². The van der Waals surface area contributed by atoms with Crippen LogP contribution in [-0.2, 0) is 9.59 Å². The van der Waals surface area contributed by atoms with Gasteiger partial charge in [0.25, 0.3) is 0 Å². The molecular formula is C13H25ClN2O3. The number of ketones is 1. The smallest absolute Gasteiger partial charge is 0.320 e. The van der Waals surface area contributed by atoms with Crippen molar-refractivity contribution >= 4 is 23.4 Å². The first kappa shape index (κ1) is 18.4. The summed E-state index contributed by atoms with van der Waals surface area (Å²) in [4.78, 5) is 22.2. The van der Waals surface area contributed by atoms with Gasteiger partial charge in [0.15, 0.2) is 0 Å². The van der Waals surface area contributed by atoms with Gasteiger partial charge in [0.05, 0.1) is 6.04 Å². The van der Waals surface area contributed by atoms with Gasteiger partial charge in [-0.3, -0.25) is 9.59 Å². The third kappa shape index (κ3) is 9.87. The topological polar surface area (TPSA) is 106 Å². The van der Waals surface area contributed by atoms with E-state index in [2.05, 4.69) is 0 Å². The Hall–Kier alpha value is -0.650. The summed E-state index contributed by atoms with van der Waals surface area (Å²) < 4.78 is 0. The van der Waals surface area contributed by atoms with E-state index in [1.807, 2.05) is 0 Å². The van der Waals surface area contributed by atoms with Gasteiger partial charge in [0, 0.05) is 12.3 Å². The van der Waals surface area contributed by atoms with Crippen LogP contribution in [0.25, 0.3) is 0 Å². The van der Waals surface area contributed by atoms with Crippen molar-refractivity contribution < 1.29 is 14.7 Å². The molecule has 0 spiro atoms. The highest BCUT2D eigenvalue weighted by molar-refractivity contribution is 6.17. The molecule has 6 heteroatoms. The molecule has 0 aromatic heterocycles. The van der Waals surface area contributed by atoms with Gasteiger partial charge in [0.1, 0.15) is 11.8 Å². The van der Waals surface area contributed by atoms with Crippen molar-refractivity contribution in [2.45, 2.75) is 63.5 Å². The van der Waals surface area contributed by atoms with Gasteiger partial charge < -0.3 is 16.6 Å². The van der Waals surface area contributed by atoms with Crippen molar-refractivity contribution in [3.63, 3.8) is 0 Å². The molecule has 0 bridgehead atoms. The number of unbranched alkanes of at least 4 members (excludes halogenated alkanes) is 3. The maximum Gasteiger partial charge on any atom is 0.320 e. The van der Waals surface area contributed by atoms with Gasteiger partial charge in [-0.2, -0.15) is 0 Å². The van der Waals surface area contributed by atoms with Crippen LogP contribution >= 0.6 is 11.6 Å². The van der Waals surface area contributed by atoms with Crippen molar-refractivity contribution in [3.05, 3.63) is 0 Å². The zero-order valence-corrected chi connectivity index (χ0v) is 12.1. The fourth-order valence-electron chi connectivity index (χ4n) is 1.77. The maximum absolute atomic E-state index is 11.7. The first-order valence-corrected chi connectivity index (χ1v) is 7.35. The Morgan fingerprint density at radius 2 is 1.53 bits per heavy atom.